The van der Waals surface area contributed by atoms with Crippen LogP contribution in [0.5, 0.6) is 5.75 Å². The molecule has 1 aromatic carbocycles. The molecule has 0 atom stereocenters. The first kappa shape index (κ1) is 10.5. The topological polar surface area (TPSA) is 20.2 Å². The summed E-state index contributed by atoms with van der Waals surface area (Å²) >= 11 is 1.69. The molecule has 0 spiro atoms. The molecule has 0 aromatic heterocycles. The third-order valence-electron chi connectivity index (χ3n) is 1.53. The standard InChI is InChI=1S/C11H16OS/c1-8-5-6-9(12)10(7-8)13-11(2,3)4/h5-7,12H,1-4H3. The van der Waals surface area contributed by atoms with Crippen molar-refractivity contribution in [2.75, 3.05) is 0 Å². The van der Waals surface area contributed by atoms with E-state index in [-0.39, 0.29) is 4.75 Å². The average Bonchev–Trinajstić information content (AvgIpc) is 1.94. The lowest BCUT2D eigenvalue weighted by molar-refractivity contribution is 0.462. The Balaban J connectivity index is 2.94. The van der Waals surface area contributed by atoms with Gasteiger partial charge in [0.1, 0.15) is 5.75 Å². The van der Waals surface area contributed by atoms with E-state index in [1.54, 1.807) is 17.8 Å². The highest BCUT2D eigenvalue weighted by Crippen LogP contribution is 2.37. The van der Waals surface area contributed by atoms with E-state index >= 15 is 0 Å². The number of thioether (sulfide) groups is 1. The summed E-state index contributed by atoms with van der Waals surface area (Å²) in [4.78, 5) is 0.965. The highest BCUT2D eigenvalue weighted by atomic mass is 32.2. The summed E-state index contributed by atoms with van der Waals surface area (Å²) in [5.74, 6) is 0.380. The minimum Gasteiger partial charge on any atom is -0.507 e. The fourth-order valence-corrected chi connectivity index (χ4v) is 2.11. The van der Waals surface area contributed by atoms with Gasteiger partial charge in [-0.25, -0.2) is 0 Å². The highest BCUT2D eigenvalue weighted by Gasteiger charge is 2.14. The van der Waals surface area contributed by atoms with E-state index < -0.39 is 0 Å². The maximum absolute atomic E-state index is 9.58. The van der Waals surface area contributed by atoms with Gasteiger partial charge < -0.3 is 5.11 Å². The minimum absolute atomic E-state index is 0.144. The summed E-state index contributed by atoms with van der Waals surface area (Å²) in [7, 11) is 0. The molecule has 1 rings (SSSR count). The van der Waals surface area contributed by atoms with Crippen LogP contribution in [-0.4, -0.2) is 9.85 Å². The van der Waals surface area contributed by atoms with E-state index in [0.717, 1.165) is 4.90 Å². The summed E-state index contributed by atoms with van der Waals surface area (Å²) in [5, 5.41) is 9.58. The van der Waals surface area contributed by atoms with Gasteiger partial charge in [0, 0.05) is 9.64 Å². The molecule has 2 heteroatoms. The molecule has 0 unspecified atom stereocenters. The van der Waals surface area contributed by atoms with Crippen LogP contribution in [0.4, 0.5) is 0 Å². The zero-order chi connectivity index (χ0) is 10.1. The molecular weight excluding hydrogens is 180 g/mol. The van der Waals surface area contributed by atoms with Gasteiger partial charge in [0.2, 0.25) is 0 Å². The maximum Gasteiger partial charge on any atom is 0.129 e. The molecule has 0 saturated carbocycles. The monoisotopic (exact) mass is 196 g/mol. The van der Waals surface area contributed by atoms with Gasteiger partial charge in [0.15, 0.2) is 0 Å². The van der Waals surface area contributed by atoms with Gasteiger partial charge in [-0.05, 0) is 24.6 Å². The maximum atomic E-state index is 9.58. The molecule has 0 saturated heterocycles. The van der Waals surface area contributed by atoms with Gasteiger partial charge in [0.05, 0.1) is 0 Å². The van der Waals surface area contributed by atoms with E-state index in [1.807, 2.05) is 19.1 Å². The van der Waals surface area contributed by atoms with Crippen molar-refractivity contribution in [3.05, 3.63) is 23.8 Å². The molecule has 0 bridgehead atoms. The first-order chi connectivity index (χ1) is 5.88. The Hall–Kier alpha value is -0.630. The third-order valence-corrected chi connectivity index (χ3v) is 2.69. The van der Waals surface area contributed by atoms with E-state index in [9.17, 15) is 5.11 Å². The van der Waals surface area contributed by atoms with Crippen LogP contribution in [0.25, 0.3) is 0 Å². The van der Waals surface area contributed by atoms with Crippen LogP contribution in [0.2, 0.25) is 0 Å². The van der Waals surface area contributed by atoms with Crippen LogP contribution in [0.1, 0.15) is 26.3 Å². The molecule has 0 aliphatic rings. The van der Waals surface area contributed by atoms with Crippen molar-refractivity contribution in [2.45, 2.75) is 37.3 Å². The van der Waals surface area contributed by atoms with Crippen molar-refractivity contribution >= 4 is 11.8 Å². The number of hydrogen-bond acceptors (Lipinski definition) is 2. The molecule has 0 amide bonds. The SMILES string of the molecule is Cc1ccc(O)c(SC(C)(C)C)c1. The molecule has 0 radical (unpaired) electrons. The van der Waals surface area contributed by atoms with Gasteiger partial charge >= 0.3 is 0 Å². The van der Waals surface area contributed by atoms with Gasteiger partial charge in [-0.15, -0.1) is 11.8 Å². The Morgan fingerprint density at radius 3 is 2.38 bits per heavy atom. The largest absolute Gasteiger partial charge is 0.507 e. The van der Waals surface area contributed by atoms with Gasteiger partial charge in [-0.3, -0.25) is 0 Å². The summed E-state index contributed by atoms with van der Waals surface area (Å²) < 4.78 is 0.144. The van der Waals surface area contributed by atoms with Crippen molar-refractivity contribution in [3.63, 3.8) is 0 Å². The molecule has 0 heterocycles. The first-order valence-corrected chi connectivity index (χ1v) is 5.19. The lowest BCUT2D eigenvalue weighted by atomic mass is 10.2. The van der Waals surface area contributed by atoms with Crippen molar-refractivity contribution in [1.29, 1.82) is 0 Å². The molecule has 0 fully saturated rings. The van der Waals surface area contributed by atoms with E-state index in [2.05, 4.69) is 20.8 Å². The van der Waals surface area contributed by atoms with Gasteiger partial charge in [-0.1, -0.05) is 26.8 Å². The third kappa shape index (κ3) is 3.31. The Morgan fingerprint density at radius 1 is 1.23 bits per heavy atom. The number of phenolic OH excluding ortho intramolecular Hbond substituents is 1. The normalized spacial score (nSPS) is 11.7. The lowest BCUT2D eigenvalue weighted by Gasteiger charge is -2.18. The van der Waals surface area contributed by atoms with Crippen LogP contribution in [0.3, 0.4) is 0 Å². The molecule has 0 aliphatic carbocycles. The summed E-state index contributed by atoms with van der Waals surface area (Å²) in [6.45, 7) is 8.45. The minimum atomic E-state index is 0.144. The smallest absolute Gasteiger partial charge is 0.129 e. The van der Waals surface area contributed by atoms with Gasteiger partial charge in [-0.2, -0.15) is 0 Å². The van der Waals surface area contributed by atoms with Crippen molar-refractivity contribution in [2.24, 2.45) is 0 Å². The molecule has 1 aromatic rings. The fraction of sp³-hybridized carbons (Fsp3) is 0.455. The molecule has 72 valence electrons. The zero-order valence-corrected chi connectivity index (χ0v) is 9.40. The second kappa shape index (κ2) is 3.62. The number of rotatable bonds is 1. The van der Waals surface area contributed by atoms with Crippen molar-refractivity contribution in [3.8, 4) is 5.75 Å². The van der Waals surface area contributed by atoms with Crippen molar-refractivity contribution in [1.82, 2.24) is 0 Å². The number of benzene rings is 1. The summed E-state index contributed by atoms with van der Waals surface area (Å²) in [6.07, 6.45) is 0. The van der Waals surface area contributed by atoms with Crippen LogP contribution >= 0.6 is 11.8 Å². The Bertz CT molecular complexity index is 299. The number of hydrogen-bond donors (Lipinski definition) is 1. The van der Waals surface area contributed by atoms with Crippen LogP contribution in [0, 0.1) is 6.92 Å². The number of phenols is 1. The van der Waals surface area contributed by atoms with Gasteiger partial charge in [0.25, 0.3) is 0 Å². The lowest BCUT2D eigenvalue weighted by Crippen LogP contribution is -2.06. The first-order valence-electron chi connectivity index (χ1n) is 4.37. The molecule has 1 N–H and O–H groups in total. The van der Waals surface area contributed by atoms with Crippen LogP contribution in [0.15, 0.2) is 23.1 Å². The summed E-state index contributed by atoms with van der Waals surface area (Å²) in [5.41, 5.74) is 1.18. The van der Waals surface area contributed by atoms with Crippen LogP contribution < -0.4 is 0 Å². The molecule has 13 heavy (non-hydrogen) atoms. The Labute approximate surface area is 84.2 Å². The van der Waals surface area contributed by atoms with Crippen molar-refractivity contribution < 1.29 is 5.11 Å². The van der Waals surface area contributed by atoms with Crippen LogP contribution in [-0.2, 0) is 0 Å². The average molecular weight is 196 g/mol. The Kier molecular flexibility index (Phi) is 2.91. The zero-order valence-electron chi connectivity index (χ0n) is 8.59. The van der Waals surface area contributed by atoms with E-state index in [0.29, 0.717) is 5.75 Å². The highest BCUT2D eigenvalue weighted by molar-refractivity contribution is 8.00. The van der Waals surface area contributed by atoms with E-state index in [1.165, 1.54) is 5.56 Å². The predicted octanol–water partition coefficient (Wildman–Crippen LogP) is 3.59. The fourth-order valence-electron chi connectivity index (χ4n) is 1.03. The summed E-state index contributed by atoms with van der Waals surface area (Å²) in [6, 6.07) is 5.69. The van der Waals surface area contributed by atoms with E-state index in [4.69, 9.17) is 0 Å². The molecule has 0 aliphatic heterocycles. The number of aromatic hydroxyl groups is 1. The Morgan fingerprint density at radius 2 is 1.85 bits per heavy atom. The quantitative estimate of drug-likeness (QED) is 0.693. The molecular formula is C11H16OS. The molecule has 1 nitrogen and oxygen atoms in total. The second-order valence-electron chi connectivity index (χ2n) is 4.19. The second-order valence-corrected chi connectivity index (χ2v) is 6.05. The predicted molar refractivity (Wildman–Crippen MR) is 58.5 cm³/mol. The number of aryl methyl sites for hydroxylation is 1.